The molecule has 0 aromatic carbocycles. The summed E-state index contributed by atoms with van der Waals surface area (Å²) in [6.07, 6.45) is 1.43. The molecule has 0 rings (SSSR count). The normalized spacial score (nSPS) is 6.67. The van der Waals surface area contributed by atoms with E-state index in [1.54, 1.807) is 0 Å². The molecule has 0 aliphatic carbocycles. The van der Waals surface area contributed by atoms with Gasteiger partial charge in [-0.2, -0.15) is 0 Å². The van der Waals surface area contributed by atoms with Crippen LogP contribution in [0, 0.1) is 0 Å². The van der Waals surface area contributed by atoms with Crippen LogP contribution in [-0.2, 0) is 4.74 Å². The molecule has 0 aromatic heterocycles. The molecule has 0 radical (unpaired) electrons. The summed E-state index contributed by atoms with van der Waals surface area (Å²) >= 11 is 0. The lowest BCUT2D eigenvalue weighted by atomic mass is 10.3. The van der Waals surface area contributed by atoms with Crippen molar-refractivity contribution in [3.8, 4) is 0 Å². The third-order valence-electron chi connectivity index (χ3n) is 0.285. The quantitative estimate of drug-likeness (QED) is 0.338. The van der Waals surface area contributed by atoms with Gasteiger partial charge in [-0.3, -0.25) is 0 Å². The molecule has 0 fully saturated rings. The first-order chi connectivity index (χ1) is 4.15. The van der Waals surface area contributed by atoms with E-state index in [1.807, 2.05) is 6.92 Å². The van der Waals surface area contributed by atoms with E-state index in [-0.39, 0.29) is 0 Å². The highest BCUT2D eigenvalue weighted by molar-refractivity contribution is 6.30. The van der Waals surface area contributed by atoms with Crippen LogP contribution in [0.3, 0.4) is 0 Å². The van der Waals surface area contributed by atoms with E-state index in [0.717, 1.165) is 6.61 Å². The van der Waals surface area contributed by atoms with Gasteiger partial charge in [-0.15, -0.1) is 0 Å². The minimum atomic E-state index is -2.17. The molecule has 0 amide bonds. The lowest BCUT2D eigenvalue weighted by Crippen LogP contribution is -2.07. The second kappa shape index (κ2) is 10.5. The molecule has 3 N–H and O–H groups in total. The molecule has 0 unspecified atom stereocenters. The minimum Gasteiger partial charge on any atom is -0.502 e. The maximum absolute atomic E-state index is 7.17. The highest BCUT2D eigenvalue weighted by atomic mass is 16.5. The van der Waals surface area contributed by atoms with Crippen molar-refractivity contribution >= 4 is 7.32 Å². The van der Waals surface area contributed by atoms with E-state index in [1.165, 1.54) is 6.26 Å². The molecule has 4 nitrogen and oxygen atoms in total. The molecule has 9 heavy (non-hydrogen) atoms. The first-order valence-electron chi connectivity index (χ1n) is 2.41. The third kappa shape index (κ3) is 102. The van der Waals surface area contributed by atoms with E-state index < -0.39 is 7.32 Å². The number of hydrogen-bond acceptors (Lipinski definition) is 4. The molecule has 0 saturated carbocycles. The molecule has 5 heteroatoms. The number of hydrogen-bond donors (Lipinski definition) is 3. The van der Waals surface area contributed by atoms with Gasteiger partial charge < -0.3 is 19.8 Å². The molecule has 0 heterocycles. The largest absolute Gasteiger partial charge is 0.631 e. The molecule has 0 aliphatic heterocycles. The standard InChI is InChI=1S/C4H8O.BH3O3/c1-3-5-4-2;2-1(3)4/h3H,1,4H2,2H3;2-4H. The smallest absolute Gasteiger partial charge is 0.502 e. The van der Waals surface area contributed by atoms with Gasteiger partial charge in [0.05, 0.1) is 12.9 Å². The highest BCUT2D eigenvalue weighted by Crippen LogP contribution is 1.65. The van der Waals surface area contributed by atoms with E-state index in [2.05, 4.69) is 11.3 Å². The second-order valence-corrected chi connectivity index (χ2v) is 0.968. The van der Waals surface area contributed by atoms with Crippen molar-refractivity contribution in [3.63, 3.8) is 0 Å². The van der Waals surface area contributed by atoms with Crippen molar-refractivity contribution in [2.24, 2.45) is 0 Å². The van der Waals surface area contributed by atoms with E-state index in [9.17, 15) is 0 Å². The average Bonchev–Trinajstić information content (AvgIpc) is 1.66. The Hall–Kier alpha value is -0.515. The van der Waals surface area contributed by atoms with Crippen molar-refractivity contribution in [2.75, 3.05) is 6.61 Å². The van der Waals surface area contributed by atoms with Crippen LogP contribution < -0.4 is 0 Å². The van der Waals surface area contributed by atoms with Gasteiger partial charge in [0, 0.05) is 0 Å². The lowest BCUT2D eigenvalue weighted by Gasteiger charge is -1.84. The van der Waals surface area contributed by atoms with Gasteiger partial charge in [0.1, 0.15) is 0 Å². The fourth-order valence-corrected chi connectivity index (χ4v) is 0.118. The SMILES string of the molecule is C=COCC.OB(O)O. The molecular weight excluding hydrogens is 123 g/mol. The predicted octanol–water partition coefficient (Wildman–Crippen LogP) is -0.885. The summed E-state index contributed by atoms with van der Waals surface area (Å²) in [5.74, 6) is 0. The molecule has 0 aromatic rings. The molecule has 0 aliphatic rings. The summed E-state index contributed by atoms with van der Waals surface area (Å²) in [6, 6.07) is 0. The topological polar surface area (TPSA) is 69.9 Å². The molecular formula is C4H11BO4. The molecule has 54 valence electrons. The maximum atomic E-state index is 7.17. The summed E-state index contributed by atoms with van der Waals surface area (Å²) in [5.41, 5.74) is 0. The summed E-state index contributed by atoms with van der Waals surface area (Å²) in [6.45, 7) is 5.97. The van der Waals surface area contributed by atoms with Gasteiger partial charge in [-0.25, -0.2) is 0 Å². The first kappa shape index (κ1) is 11.3. The van der Waals surface area contributed by atoms with E-state index >= 15 is 0 Å². The van der Waals surface area contributed by atoms with E-state index in [4.69, 9.17) is 15.1 Å². The Morgan fingerprint density at radius 3 is 1.89 bits per heavy atom. The van der Waals surface area contributed by atoms with E-state index in [0.29, 0.717) is 0 Å². The van der Waals surface area contributed by atoms with Crippen molar-refractivity contribution in [2.45, 2.75) is 6.92 Å². The van der Waals surface area contributed by atoms with Crippen molar-refractivity contribution in [1.82, 2.24) is 0 Å². The number of ether oxygens (including phenoxy) is 1. The summed E-state index contributed by atoms with van der Waals surface area (Å²) in [5, 5.41) is 21.5. The first-order valence-corrected chi connectivity index (χ1v) is 2.41. The Bertz CT molecular complexity index is 53.8. The Balaban J connectivity index is 0. The van der Waals surface area contributed by atoms with Crippen LogP contribution in [0.5, 0.6) is 0 Å². The fraction of sp³-hybridized carbons (Fsp3) is 0.500. The Kier molecular flexibility index (Phi) is 13.1. The Labute approximate surface area is 54.6 Å². The molecule has 0 atom stereocenters. The lowest BCUT2D eigenvalue weighted by molar-refractivity contribution is 0.270. The minimum absolute atomic E-state index is 0.726. The van der Waals surface area contributed by atoms with Crippen LogP contribution in [0.15, 0.2) is 12.8 Å². The number of rotatable bonds is 2. The summed E-state index contributed by atoms with van der Waals surface area (Å²) in [4.78, 5) is 0. The van der Waals surface area contributed by atoms with Crippen LogP contribution in [0.2, 0.25) is 0 Å². The Morgan fingerprint density at radius 1 is 1.56 bits per heavy atom. The van der Waals surface area contributed by atoms with Crippen LogP contribution in [0.4, 0.5) is 0 Å². The van der Waals surface area contributed by atoms with Gasteiger partial charge in [0.15, 0.2) is 0 Å². The zero-order valence-electron chi connectivity index (χ0n) is 5.32. The summed E-state index contributed by atoms with van der Waals surface area (Å²) in [7, 11) is -2.17. The zero-order valence-corrected chi connectivity index (χ0v) is 5.32. The van der Waals surface area contributed by atoms with Crippen molar-refractivity contribution < 1.29 is 19.8 Å². The maximum Gasteiger partial charge on any atom is 0.631 e. The predicted molar refractivity (Wildman–Crippen MR) is 34.2 cm³/mol. The monoisotopic (exact) mass is 134 g/mol. The highest BCUT2D eigenvalue weighted by Gasteiger charge is 1.92. The second-order valence-electron chi connectivity index (χ2n) is 0.968. The molecule has 0 bridgehead atoms. The van der Waals surface area contributed by atoms with Gasteiger partial charge in [0.2, 0.25) is 0 Å². The Morgan fingerprint density at radius 2 is 1.89 bits per heavy atom. The molecule has 0 saturated heterocycles. The van der Waals surface area contributed by atoms with Gasteiger partial charge in [-0.05, 0) is 6.92 Å². The van der Waals surface area contributed by atoms with Gasteiger partial charge >= 0.3 is 7.32 Å². The third-order valence-corrected chi connectivity index (χ3v) is 0.285. The fourth-order valence-electron chi connectivity index (χ4n) is 0.118. The van der Waals surface area contributed by atoms with Crippen LogP contribution in [-0.4, -0.2) is 29.0 Å². The van der Waals surface area contributed by atoms with Gasteiger partial charge in [-0.1, -0.05) is 6.58 Å². The van der Waals surface area contributed by atoms with Gasteiger partial charge in [0.25, 0.3) is 0 Å². The van der Waals surface area contributed by atoms with Crippen LogP contribution in [0.1, 0.15) is 6.92 Å². The van der Waals surface area contributed by atoms with Crippen LogP contribution in [0.25, 0.3) is 0 Å². The van der Waals surface area contributed by atoms with Crippen molar-refractivity contribution in [3.05, 3.63) is 12.8 Å². The molecule has 0 spiro atoms. The zero-order chi connectivity index (χ0) is 7.70. The van der Waals surface area contributed by atoms with Crippen LogP contribution >= 0.6 is 0 Å². The van der Waals surface area contributed by atoms with Crippen molar-refractivity contribution in [1.29, 1.82) is 0 Å². The summed E-state index contributed by atoms with van der Waals surface area (Å²) < 4.78 is 4.60. The average molecular weight is 134 g/mol.